The van der Waals surface area contributed by atoms with E-state index in [-0.39, 0.29) is 23.9 Å². The zero-order chi connectivity index (χ0) is 20.3. The van der Waals surface area contributed by atoms with E-state index in [1.807, 2.05) is 0 Å². The lowest BCUT2D eigenvalue weighted by molar-refractivity contribution is -0.115. The Morgan fingerprint density at radius 3 is 2.46 bits per heavy atom. The molecule has 3 rings (SSSR count). The Morgan fingerprint density at radius 2 is 1.82 bits per heavy atom. The third-order valence-electron chi connectivity index (χ3n) is 4.17. The van der Waals surface area contributed by atoms with Crippen LogP contribution in [0.1, 0.15) is 32.9 Å². The van der Waals surface area contributed by atoms with Crippen LogP contribution in [0.15, 0.2) is 47.0 Å². The predicted octanol–water partition coefficient (Wildman–Crippen LogP) is 3.85. The van der Waals surface area contributed by atoms with E-state index in [1.54, 1.807) is 32.0 Å². The third kappa shape index (κ3) is 4.25. The van der Waals surface area contributed by atoms with Crippen LogP contribution in [-0.2, 0) is 11.2 Å². The van der Waals surface area contributed by atoms with Crippen molar-refractivity contribution in [2.45, 2.75) is 20.3 Å². The molecule has 0 bridgehead atoms. The van der Waals surface area contributed by atoms with Gasteiger partial charge < -0.3 is 14.6 Å². The SMILES string of the molecule is COc1ccc(C(=O)c2ccc(F)c(C)c2)cc1NC(=O)Cc1cc(C)on1. The number of aromatic nitrogens is 1. The highest BCUT2D eigenvalue weighted by atomic mass is 19.1. The molecule has 1 aromatic heterocycles. The Balaban J connectivity index is 1.83. The van der Waals surface area contributed by atoms with Gasteiger partial charge in [-0.25, -0.2) is 4.39 Å². The maximum absolute atomic E-state index is 13.5. The molecule has 0 atom stereocenters. The van der Waals surface area contributed by atoms with Crippen LogP contribution in [0, 0.1) is 19.7 Å². The largest absolute Gasteiger partial charge is 0.495 e. The zero-order valence-corrected chi connectivity index (χ0v) is 15.7. The van der Waals surface area contributed by atoms with E-state index in [9.17, 15) is 14.0 Å². The molecular formula is C21H19FN2O4. The van der Waals surface area contributed by atoms with E-state index < -0.39 is 0 Å². The summed E-state index contributed by atoms with van der Waals surface area (Å²) < 4.78 is 23.7. The normalized spacial score (nSPS) is 10.6. The summed E-state index contributed by atoms with van der Waals surface area (Å²) >= 11 is 0. The smallest absolute Gasteiger partial charge is 0.230 e. The number of anilines is 1. The minimum Gasteiger partial charge on any atom is -0.495 e. The van der Waals surface area contributed by atoms with E-state index in [4.69, 9.17) is 9.26 Å². The maximum Gasteiger partial charge on any atom is 0.230 e. The van der Waals surface area contributed by atoms with Crippen LogP contribution in [0.5, 0.6) is 5.75 Å². The number of ketones is 1. The number of amides is 1. The van der Waals surface area contributed by atoms with Gasteiger partial charge in [0.05, 0.1) is 24.9 Å². The fraction of sp³-hybridized carbons (Fsp3) is 0.190. The summed E-state index contributed by atoms with van der Waals surface area (Å²) in [6.07, 6.45) is 0.0236. The molecule has 0 spiro atoms. The van der Waals surface area contributed by atoms with Crippen LogP contribution < -0.4 is 10.1 Å². The molecule has 0 aliphatic rings. The fourth-order valence-corrected chi connectivity index (χ4v) is 2.76. The molecule has 1 heterocycles. The number of ether oxygens (including phenoxy) is 1. The van der Waals surface area contributed by atoms with Crippen molar-refractivity contribution in [3.8, 4) is 5.75 Å². The van der Waals surface area contributed by atoms with Gasteiger partial charge in [0, 0.05) is 17.2 Å². The summed E-state index contributed by atoms with van der Waals surface area (Å²) in [5, 5.41) is 6.52. The number of nitrogens with zero attached hydrogens (tertiary/aromatic N) is 1. The molecule has 1 amide bonds. The number of halogens is 1. The summed E-state index contributed by atoms with van der Waals surface area (Å²) in [6.45, 7) is 3.33. The van der Waals surface area contributed by atoms with E-state index >= 15 is 0 Å². The van der Waals surface area contributed by atoms with Gasteiger partial charge in [-0.1, -0.05) is 5.16 Å². The number of nitrogens with one attached hydrogen (secondary N) is 1. The van der Waals surface area contributed by atoms with Gasteiger partial charge in [0.1, 0.15) is 17.3 Å². The van der Waals surface area contributed by atoms with Crippen LogP contribution >= 0.6 is 0 Å². The Hall–Kier alpha value is -3.48. The summed E-state index contributed by atoms with van der Waals surface area (Å²) in [5.41, 5.74) is 1.95. The van der Waals surface area contributed by atoms with Crippen LogP contribution in [-0.4, -0.2) is 24.0 Å². The van der Waals surface area contributed by atoms with E-state index in [0.29, 0.717) is 39.6 Å². The lowest BCUT2D eigenvalue weighted by Gasteiger charge is -2.12. The van der Waals surface area contributed by atoms with E-state index in [1.165, 1.54) is 31.4 Å². The molecule has 0 aliphatic heterocycles. The Morgan fingerprint density at radius 1 is 1.11 bits per heavy atom. The topological polar surface area (TPSA) is 81.4 Å². The highest BCUT2D eigenvalue weighted by Crippen LogP contribution is 2.27. The van der Waals surface area contributed by atoms with Gasteiger partial charge in [-0.15, -0.1) is 0 Å². The molecule has 6 nitrogen and oxygen atoms in total. The van der Waals surface area contributed by atoms with E-state index in [0.717, 1.165) is 0 Å². The number of carbonyl (C=O) groups excluding carboxylic acids is 2. The zero-order valence-electron chi connectivity index (χ0n) is 15.7. The van der Waals surface area contributed by atoms with Crippen molar-refractivity contribution in [3.63, 3.8) is 0 Å². The number of aryl methyl sites for hydroxylation is 2. The fourth-order valence-electron chi connectivity index (χ4n) is 2.76. The monoisotopic (exact) mass is 382 g/mol. The maximum atomic E-state index is 13.5. The summed E-state index contributed by atoms with van der Waals surface area (Å²) in [6, 6.07) is 10.6. The molecule has 7 heteroatoms. The Bertz CT molecular complexity index is 1040. The highest BCUT2D eigenvalue weighted by molar-refractivity contribution is 6.10. The van der Waals surface area contributed by atoms with E-state index in [2.05, 4.69) is 10.5 Å². The molecule has 2 aromatic carbocycles. The summed E-state index contributed by atoms with van der Waals surface area (Å²) in [5.74, 6) is 0.0450. The first-order chi connectivity index (χ1) is 13.4. The van der Waals surface area contributed by atoms with Crippen molar-refractivity contribution in [1.29, 1.82) is 0 Å². The van der Waals surface area contributed by atoms with Gasteiger partial charge in [-0.2, -0.15) is 0 Å². The van der Waals surface area contributed by atoms with Crippen LogP contribution in [0.2, 0.25) is 0 Å². The van der Waals surface area contributed by atoms with Gasteiger partial charge in [0.25, 0.3) is 0 Å². The number of hydrogen-bond acceptors (Lipinski definition) is 5. The summed E-state index contributed by atoms with van der Waals surface area (Å²) in [7, 11) is 1.47. The lowest BCUT2D eigenvalue weighted by Crippen LogP contribution is -2.16. The number of carbonyl (C=O) groups is 2. The molecule has 0 saturated carbocycles. The second kappa shape index (κ2) is 8.04. The van der Waals surface area contributed by atoms with Gasteiger partial charge in [-0.3, -0.25) is 9.59 Å². The molecule has 1 N–H and O–H groups in total. The minimum absolute atomic E-state index is 0.0236. The van der Waals surface area contributed by atoms with Crippen LogP contribution in [0.4, 0.5) is 10.1 Å². The number of rotatable bonds is 6. The van der Waals surface area contributed by atoms with Crippen molar-refractivity contribution in [1.82, 2.24) is 5.16 Å². The molecule has 0 unspecified atom stereocenters. The van der Waals surface area contributed by atoms with Gasteiger partial charge in [0.2, 0.25) is 5.91 Å². The molecule has 0 radical (unpaired) electrons. The van der Waals surface area contributed by atoms with Crippen LogP contribution in [0.25, 0.3) is 0 Å². The van der Waals surface area contributed by atoms with Crippen molar-refractivity contribution < 1.29 is 23.2 Å². The lowest BCUT2D eigenvalue weighted by atomic mass is 10.0. The molecular weight excluding hydrogens is 363 g/mol. The molecule has 144 valence electrons. The Labute approximate surface area is 161 Å². The van der Waals surface area contributed by atoms with Gasteiger partial charge >= 0.3 is 0 Å². The number of hydrogen-bond donors (Lipinski definition) is 1. The summed E-state index contributed by atoms with van der Waals surface area (Å²) in [4.78, 5) is 25.1. The first-order valence-electron chi connectivity index (χ1n) is 8.58. The third-order valence-corrected chi connectivity index (χ3v) is 4.17. The van der Waals surface area contributed by atoms with Gasteiger partial charge in [-0.05, 0) is 55.8 Å². The number of methoxy groups -OCH3 is 1. The molecule has 28 heavy (non-hydrogen) atoms. The van der Waals surface area contributed by atoms with Crippen molar-refractivity contribution in [3.05, 3.63) is 76.4 Å². The highest BCUT2D eigenvalue weighted by Gasteiger charge is 2.16. The molecule has 0 fully saturated rings. The molecule has 3 aromatic rings. The quantitative estimate of drug-likeness (QED) is 0.655. The molecule has 0 aliphatic carbocycles. The minimum atomic E-state index is -0.373. The average molecular weight is 382 g/mol. The second-order valence-electron chi connectivity index (χ2n) is 6.36. The number of benzene rings is 2. The van der Waals surface area contributed by atoms with Crippen molar-refractivity contribution in [2.24, 2.45) is 0 Å². The average Bonchev–Trinajstić information content (AvgIpc) is 3.07. The van der Waals surface area contributed by atoms with Crippen molar-refractivity contribution in [2.75, 3.05) is 12.4 Å². The predicted molar refractivity (Wildman–Crippen MR) is 101 cm³/mol. The standard InChI is InChI=1S/C21H19FN2O4/c1-12-8-14(4-6-17(12)22)21(26)15-5-7-19(27-3)18(10-15)23-20(25)11-16-9-13(2)28-24-16/h4-10H,11H2,1-3H3,(H,23,25). The van der Waals surface area contributed by atoms with Gasteiger partial charge in [0.15, 0.2) is 5.78 Å². The Kier molecular flexibility index (Phi) is 5.54. The first kappa shape index (κ1) is 19.3. The second-order valence-corrected chi connectivity index (χ2v) is 6.36. The molecule has 0 saturated heterocycles. The first-order valence-corrected chi connectivity index (χ1v) is 8.58. The van der Waals surface area contributed by atoms with Crippen LogP contribution in [0.3, 0.4) is 0 Å². The van der Waals surface area contributed by atoms with Crippen molar-refractivity contribution >= 4 is 17.4 Å².